The minimum Gasteiger partial charge on any atom is -0.489 e. The van der Waals surface area contributed by atoms with E-state index >= 15 is 0 Å². The number of hydrogen-bond donors (Lipinski definition) is 1. The first-order valence-corrected chi connectivity index (χ1v) is 19.1. The molecule has 0 aliphatic heterocycles. The van der Waals surface area contributed by atoms with Gasteiger partial charge in [0.05, 0.1) is 164 Å². The molecule has 55 heavy (non-hydrogen) atoms. The van der Waals surface area contributed by atoms with Crippen molar-refractivity contribution in [2.75, 3.05) is 184 Å². The second kappa shape index (κ2) is 37.2. The Morgan fingerprint density at radius 1 is 0.473 bits per heavy atom. The number of nitrogens with zero attached hydrogens (tertiary/aromatic N) is 1. The second-order valence-corrected chi connectivity index (χ2v) is 12.6. The maximum absolute atomic E-state index is 11.9. The number of ether oxygens (including phenoxy) is 14. The Morgan fingerprint density at radius 2 is 0.745 bits per heavy atom. The number of hydrogen-bond acceptors (Lipinski definition) is 16. The molecule has 1 aromatic carbocycles. The largest absolute Gasteiger partial charge is 0.489 e. The quantitative estimate of drug-likeness (QED) is 0.0758. The van der Waals surface area contributed by atoms with Crippen molar-refractivity contribution in [1.82, 2.24) is 4.90 Å². The summed E-state index contributed by atoms with van der Waals surface area (Å²) in [6, 6.07) is 7.37. The molecule has 0 saturated carbocycles. The third-order valence-electron chi connectivity index (χ3n) is 6.77. The van der Waals surface area contributed by atoms with Gasteiger partial charge in [0.25, 0.3) is 0 Å². The summed E-state index contributed by atoms with van der Waals surface area (Å²) in [5.41, 5.74) is 5.92. The maximum Gasteiger partial charge on any atom is 0.410 e. The lowest BCUT2D eigenvalue weighted by Gasteiger charge is -2.24. The van der Waals surface area contributed by atoms with Gasteiger partial charge in [0, 0.05) is 13.6 Å². The Bertz CT molecular complexity index is 990. The number of para-hydroxylation sites is 2. The molecule has 2 N–H and O–H groups in total. The van der Waals surface area contributed by atoms with Crippen LogP contribution in [0.1, 0.15) is 20.8 Å². The van der Waals surface area contributed by atoms with Crippen LogP contribution in [0.15, 0.2) is 24.3 Å². The Kier molecular flexibility index (Phi) is 34.2. The van der Waals surface area contributed by atoms with E-state index < -0.39 is 5.60 Å². The lowest BCUT2D eigenvalue weighted by molar-refractivity contribution is -0.0286. The molecule has 0 radical (unpaired) electrons. The summed E-state index contributed by atoms with van der Waals surface area (Å²) in [7, 11) is 1.68. The van der Waals surface area contributed by atoms with E-state index in [0.29, 0.717) is 183 Å². The number of nitrogens with two attached hydrogens (primary N) is 1. The van der Waals surface area contributed by atoms with E-state index in [1.54, 1.807) is 13.1 Å². The molecule has 17 nitrogen and oxygen atoms in total. The number of benzene rings is 1. The standard InChI is InChI=1S/C38H70N2O15/c1-38(2,3)55-37(41)40(4)9-10-42-11-12-43-13-14-44-15-16-45-17-18-46-19-20-47-21-22-48-23-24-49-25-26-50-27-28-51-29-30-52-31-32-53-33-34-54-36-8-6-5-7-35(36)39/h5-8H,9-34,39H2,1-4H3. The van der Waals surface area contributed by atoms with E-state index in [9.17, 15) is 4.79 Å². The van der Waals surface area contributed by atoms with E-state index in [4.69, 9.17) is 72.0 Å². The first-order chi connectivity index (χ1) is 26.8. The summed E-state index contributed by atoms with van der Waals surface area (Å²) in [6.07, 6.45) is -0.367. The summed E-state index contributed by atoms with van der Waals surface area (Å²) in [6.45, 7) is 17.9. The van der Waals surface area contributed by atoms with Gasteiger partial charge in [-0.15, -0.1) is 0 Å². The number of nitrogen functional groups attached to an aromatic ring is 1. The molecule has 0 aliphatic carbocycles. The highest BCUT2D eigenvalue weighted by molar-refractivity contribution is 5.67. The highest BCUT2D eigenvalue weighted by Gasteiger charge is 2.19. The SMILES string of the molecule is CN(CCOCCOCCOCCOCCOCCOCCOCCOCCOCCOCCOCCOCCOc1ccccc1N)C(=O)OC(C)(C)C. The lowest BCUT2D eigenvalue weighted by Crippen LogP contribution is -2.36. The van der Waals surface area contributed by atoms with Gasteiger partial charge in [-0.05, 0) is 32.9 Å². The average molecular weight is 795 g/mol. The highest BCUT2D eigenvalue weighted by atomic mass is 16.6. The van der Waals surface area contributed by atoms with Crippen molar-refractivity contribution in [2.24, 2.45) is 0 Å². The van der Waals surface area contributed by atoms with Crippen molar-refractivity contribution in [3.8, 4) is 5.75 Å². The van der Waals surface area contributed by atoms with Crippen molar-refractivity contribution in [2.45, 2.75) is 26.4 Å². The van der Waals surface area contributed by atoms with Gasteiger partial charge in [0.15, 0.2) is 0 Å². The van der Waals surface area contributed by atoms with Crippen LogP contribution in [0.4, 0.5) is 10.5 Å². The average Bonchev–Trinajstić information content (AvgIpc) is 3.15. The molecule has 0 saturated heterocycles. The van der Waals surface area contributed by atoms with Crippen LogP contribution in [-0.2, 0) is 61.6 Å². The van der Waals surface area contributed by atoms with E-state index in [0.717, 1.165) is 0 Å². The van der Waals surface area contributed by atoms with Crippen molar-refractivity contribution in [3.05, 3.63) is 24.3 Å². The monoisotopic (exact) mass is 794 g/mol. The number of carbonyl (C=O) groups is 1. The fraction of sp³-hybridized carbons (Fsp3) is 0.816. The van der Waals surface area contributed by atoms with Gasteiger partial charge < -0.3 is 76.9 Å². The van der Waals surface area contributed by atoms with Gasteiger partial charge >= 0.3 is 6.09 Å². The van der Waals surface area contributed by atoms with Crippen molar-refractivity contribution >= 4 is 11.8 Å². The van der Waals surface area contributed by atoms with E-state index in [2.05, 4.69) is 0 Å². The van der Waals surface area contributed by atoms with Gasteiger partial charge in [-0.1, -0.05) is 12.1 Å². The lowest BCUT2D eigenvalue weighted by atomic mass is 10.2. The molecule has 322 valence electrons. The maximum atomic E-state index is 11.9. The Morgan fingerprint density at radius 3 is 1.04 bits per heavy atom. The molecular formula is C38H70N2O15. The van der Waals surface area contributed by atoms with Crippen molar-refractivity contribution in [1.29, 1.82) is 0 Å². The summed E-state index contributed by atoms with van der Waals surface area (Å²) in [4.78, 5) is 13.4. The van der Waals surface area contributed by atoms with Crippen LogP contribution in [0.3, 0.4) is 0 Å². The topological polar surface area (TPSA) is 176 Å². The van der Waals surface area contributed by atoms with E-state index in [-0.39, 0.29) is 6.09 Å². The molecule has 1 rings (SSSR count). The Balaban J connectivity index is 1.65. The first kappa shape index (κ1) is 50.6. The smallest absolute Gasteiger partial charge is 0.410 e. The van der Waals surface area contributed by atoms with Crippen LogP contribution in [0, 0.1) is 0 Å². The molecule has 1 amide bonds. The highest BCUT2D eigenvalue weighted by Crippen LogP contribution is 2.19. The fourth-order valence-electron chi connectivity index (χ4n) is 3.98. The molecule has 0 bridgehead atoms. The van der Waals surface area contributed by atoms with Gasteiger partial charge in [-0.3, -0.25) is 0 Å². The van der Waals surface area contributed by atoms with Crippen molar-refractivity contribution < 1.29 is 71.1 Å². The van der Waals surface area contributed by atoms with Crippen LogP contribution in [0.25, 0.3) is 0 Å². The molecule has 17 heteroatoms. The molecule has 0 heterocycles. The minimum atomic E-state index is -0.514. The number of likely N-dealkylation sites (N-methyl/N-ethyl adjacent to an activating group) is 1. The zero-order valence-electron chi connectivity index (χ0n) is 33.8. The van der Waals surface area contributed by atoms with E-state index in [1.165, 1.54) is 4.90 Å². The van der Waals surface area contributed by atoms with Gasteiger partial charge in [0.2, 0.25) is 0 Å². The summed E-state index contributed by atoms with van der Waals surface area (Å²) < 4.78 is 76.7. The summed E-state index contributed by atoms with van der Waals surface area (Å²) >= 11 is 0. The number of amides is 1. The molecule has 1 aromatic rings. The number of anilines is 1. The van der Waals surface area contributed by atoms with Crippen LogP contribution in [0.2, 0.25) is 0 Å². The predicted molar refractivity (Wildman–Crippen MR) is 205 cm³/mol. The molecule has 0 unspecified atom stereocenters. The Hall–Kier alpha value is -2.39. The summed E-state index contributed by atoms with van der Waals surface area (Å²) in [5.74, 6) is 0.664. The molecular weight excluding hydrogens is 724 g/mol. The van der Waals surface area contributed by atoms with Gasteiger partial charge in [-0.25, -0.2) is 4.79 Å². The molecule has 0 aliphatic rings. The number of carbonyl (C=O) groups excluding carboxylic acids is 1. The third-order valence-corrected chi connectivity index (χ3v) is 6.77. The fourth-order valence-corrected chi connectivity index (χ4v) is 3.98. The van der Waals surface area contributed by atoms with Gasteiger partial charge in [0.1, 0.15) is 18.0 Å². The molecule has 0 spiro atoms. The first-order valence-electron chi connectivity index (χ1n) is 19.1. The van der Waals surface area contributed by atoms with Gasteiger partial charge in [-0.2, -0.15) is 0 Å². The van der Waals surface area contributed by atoms with Crippen molar-refractivity contribution in [3.63, 3.8) is 0 Å². The summed E-state index contributed by atoms with van der Waals surface area (Å²) in [5, 5.41) is 0. The van der Waals surface area contributed by atoms with E-state index in [1.807, 2.05) is 39.0 Å². The van der Waals surface area contributed by atoms with Crippen LogP contribution in [-0.4, -0.2) is 195 Å². The molecule has 0 fully saturated rings. The predicted octanol–water partition coefficient (Wildman–Crippen LogP) is 2.71. The zero-order chi connectivity index (χ0) is 39.9. The minimum absolute atomic E-state index is 0.367. The number of rotatable bonds is 40. The third kappa shape index (κ3) is 35.7. The Labute approximate surface area is 328 Å². The normalized spacial score (nSPS) is 11.6. The van der Waals surface area contributed by atoms with Crippen LogP contribution >= 0.6 is 0 Å². The van der Waals surface area contributed by atoms with Crippen LogP contribution in [0.5, 0.6) is 5.75 Å². The zero-order valence-corrected chi connectivity index (χ0v) is 33.8. The second-order valence-electron chi connectivity index (χ2n) is 12.6. The van der Waals surface area contributed by atoms with Crippen LogP contribution < -0.4 is 10.5 Å². The molecule has 0 atom stereocenters. The molecule has 0 aromatic heterocycles.